The van der Waals surface area contributed by atoms with Gasteiger partial charge in [0.2, 0.25) is 0 Å². The van der Waals surface area contributed by atoms with E-state index in [0.717, 1.165) is 12.1 Å². The third-order valence-corrected chi connectivity index (χ3v) is 13.8. The smallest absolute Gasteiger partial charge is 0.871 e. The van der Waals surface area contributed by atoms with Gasteiger partial charge in [-0.05, 0) is 121 Å². The molecule has 0 unspecified atom stereocenters. The SMILES string of the molecule is CCOc1cccc(N=C([O-])c2cc3ccccc3c(N=Nc3cc(Cl)c(CC)c(S(=O)(=O)O)c3)c2[O-])c1.CCOc1cccc(NC(=O)c2cc3ccccc3c(N=Nc3cc(Cl)c(CC)c(S(=O)(=O)O)c3)c2O)c1.[Ca+2]. The van der Waals surface area contributed by atoms with E-state index in [0.29, 0.717) is 57.6 Å². The molecule has 0 radical (unpaired) electrons. The predicted octanol–water partition coefficient (Wildman–Crippen LogP) is 12.3. The Kier molecular flexibility index (Phi) is 20.2. The summed E-state index contributed by atoms with van der Waals surface area (Å²) in [5.41, 5.74) is 0.909. The fourth-order valence-corrected chi connectivity index (χ4v) is 10.3. The quantitative estimate of drug-likeness (QED) is 0.0231. The van der Waals surface area contributed by atoms with Crippen molar-refractivity contribution in [3.63, 3.8) is 0 Å². The topological polar surface area (TPSA) is 284 Å². The number of aliphatic imine (C=N–C) groups is 1. The number of anilines is 1. The Bertz CT molecular complexity index is 3860. The summed E-state index contributed by atoms with van der Waals surface area (Å²) in [5, 5.41) is 58.8. The summed E-state index contributed by atoms with van der Waals surface area (Å²) in [7, 11) is -9.15. The third-order valence-electron chi connectivity index (χ3n) is 11.3. The van der Waals surface area contributed by atoms with Crippen LogP contribution in [0, 0.1) is 0 Å². The van der Waals surface area contributed by atoms with Gasteiger partial charge in [0.15, 0.2) is 5.75 Å². The maximum absolute atomic E-state index is 13.4. The second-order valence-electron chi connectivity index (χ2n) is 16.3. The summed E-state index contributed by atoms with van der Waals surface area (Å²) in [6.07, 6.45) is 0.517. The number of halogens is 2. The molecule has 8 rings (SSSR count). The number of ether oxygens (including phenoxy) is 2. The predicted molar refractivity (Wildman–Crippen MR) is 294 cm³/mol. The molecule has 0 aliphatic heterocycles. The summed E-state index contributed by atoms with van der Waals surface area (Å²) in [6.45, 7) is 7.98. The van der Waals surface area contributed by atoms with Gasteiger partial charge in [0.25, 0.3) is 26.1 Å². The van der Waals surface area contributed by atoms with Gasteiger partial charge in [0.05, 0.1) is 41.5 Å². The molecule has 0 atom stereocenters. The average molecular weight is 1150 g/mol. The Morgan fingerprint density at radius 3 is 1.60 bits per heavy atom. The van der Waals surface area contributed by atoms with Crippen LogP contribution in [0.5, 0.6) is 23.0 Å². The molecule has 23 heteroatoms. The first kappa shape index (κ1) is 59.5. The largest absolute Gasteiger partial charge is 2.00 e. The molecule has 0 saturated carbocycles. The molecule has 0 aromatic heterocycles. The Balaban J connectivity index is 0.000000246. The number of benzene rings is 8. The van der Waals surface area contributed by atoms with E-state index in [4.69, 9.17) is 32.7 Å². The first-order valence-electron chi connectivity index (χ1n) is 23.2. The fourth-order valence-electron chi connectivity index (χ4n) is 7.85. The maximum atomic E-state index is 13.4. The van der Waals surface area contributed by atoms with E-state index in [1.54, 1.807) is 111 Å². The van der Waals surface area contributed by atoms with Crippen LogP contribution in [0.3, 0.4) is 0 Å². The number of phenols is 1. The van der Waals surface area contributed by atoms with E-state index < -0.39 is 48.4 Å². The summed E-state index contributed by atoms with van der Waals surface area (Å²) in [5.74, 6) is -1.35. The van der Waals surface area contributed by atoms with E-state index in [2.05, 4.69) is 30.8 Å². The fraction of sp³-hybridized carbons (Fsp3) is 0.148. The van der Waals surface area contributed by atoms with Crippen molar-refractivity contribution < 1.29 is 55.5 Å². The van der Waals surface area contributed by atoms with Crippen LogP contribution in [0.25, 0.3) is 21.5 Å². The zero-order chi connectivity index (χ0) is 54.9. The van der Waals surface area contributed by atoms with Crippen molar-refractivity contribution in [1.29, 1.82) is 0 Å². The van der Waals surface area contributed by atoms with Crippen molar-refractivity contribution >= 4 is 149 Å². The van der Waals surface area contributed by atoms with E-state index >= 15 is 0 Å². The number of nitrogens with one attached hydrogen (secondary N) is 1. The van der Waals surface area contributed by atoms with E-state index in [-0.39, 0.29) is 111 Å². The van der Waals surface area contributed by atoms with Gasteiger partial charge in [0, 0.05) is 38.6 Å². The first-order chi connectivity index (χ1) is 36.2. The number of carbonyl (C=O) groups is 1. The summed E-state index contributed by atoms with van der Waals surface area (Å²) >= 11 is 12.5. The van der Waals surface area contributed by atoms with Crippen molar-refractivity contribution in [2.75, 3.05) is 18.5 Å². The molecule has 0 heterocycles. The van der Waals surface area contributed by atoms with Gasteiger partial charge in [-0.25, -0.2) is 0 Å². The molecule has 18 nitrogen and oxygen atoms in total. The van der Waals surface area contributed by atoms with Crippen molar-refractivity contribution in [2.24, 2.45) is 25.4 Å². The molecule has 392 valence electrons. The molecule has 8 aromatic carbocycles. The molecular weight excluding hydrogens is 1100 g/mol. The van der Waals surface area contributed by atoms with Crippen molar-refractivity contribution in [1.82, 2.24) is 0 Å². The molecular formula is C54H46CaCl2N6O12S2. The number of carbonyl (C=O) groups excluding carboxylic acids is 1. The normalized spacial score (nSPS) is 11.9. The van der Waals surface area contributed by atoms with Gasteiger partial charge in [0.1, 0.15) is 27.0 Å². The Morgan fingerprint density at radius 1 is 0.597 bits per heavy atom. The van der Waals surface area contributed by atoms with Crippen LogP contribution in [0.1, 0.15) is 54.7 Å². The van der Waals surface area contributed by atoms with Crippen molar-refractivity contribution in [2.45, 2.75) is 50.3 Å². The maximum Gasteiger partial charge on any atom is 2.00 e. The standard InChI is InChI=1S/2C27H24ClN3O6S.Ca/c2*1-3-20-23(28)14-18(15-24(20)38(34,35)36)30-31-25-21-11-6-5-8-16(21)12-22(26(25)32)27(33)29-17-9-7-10-19(13-17)37-4-2;/h2*5-15,32H,3-4H2,1-2H3,(H,29,33)(H,34,35,36);/q;;+2/p-2. The molecule has 1 amide bonds. The van der Waals surface area contributed by atoms with Crippen molar-refractivity contribution in [3.8, 4) is 23.0 Å². The van der Waals surface area contributed by atoms with E-state index in [9.17, 15) is 46.1 Å². The van der Waals surface area contributed by atoms with Gasteiger partial charge < -0.3 is 30.1 Å². The summed E-state index contributed by atoms with van der Waals surface area (Å²) in [4.78, 5) is 16.4. The minimum Gasteiger partial charge on any atom is -0.871 e. The van der Waals surface area contributed by atoms with Gasteiger partial charge in [-0.1, -0.05) is 103 Å². The molecule has 77 heavy (non-hydrogen) atoms. The first-order valence-corrected chi connectivity index (χ1v) is 26.8. The Morgan fingerprint density at radius 2 is 1.08 bits per heavy atom. The Hall–Kier alpha value is -6.72. The van der Waals surface area contributed by atoms with Crippen LogP contribution < -0.4 is 25.0 Å². The number of hydrogen-bond acceptors (Lipinski definition) is 15. The number of phenolic OH excluding ortho intramolecular Hbond substituents is 1. The number of nitrogens with zero attached hydrogens (tertiary/aromatic N) is 5. The van der Waals surface area contributed by atoms with Gasteiger partial charge >= 0.3 is 37.7 Å². The van der Waals surface area contributed by atoms with Crippen LogP contribution in [0.2, 0.25) is 10.0 Å². The van der Waals surface area contributed by atoms with Gasteiger partial charge in [-0.2, -0.15) is 32.2 Å². The third kappa shape index (κ3) is 14.5. The summed E-state index contributed by atoms with van der Waals surface area (Å²) in [6, 6.07) is 35.3. The number of azo groups is 2. The molecule has 0 aliphatic rings. The number of fused-ring (bicyclic) bond motifs is 2. The summed E-state index contributed by atoms with van der Waals surface area (Å²) < 4.78 is 77.7. The number of rotatable bonds is 16. The molecule has 0 saturated heterocycles. The molecule has 8 aromatic rings. The van der Waals surface area contributed by atoms with Crippen LogP contribution in [-0.2, 0) is 33.1 Å². The number of aromatic hydroxyl groups is 1. The van der Waals surface area contributed by atoms with E-state index in [1.807, 2.05) is 13.8 Å². The minimum atomic E-state index is -4.58. The average Bonchev–Trinajstić information content (AvgIpc) is 3.39. The van der Waals surface area contributed by atoms with Crippen LogP contribution in [0.4, 0.5) is 34.1 Å². The molecule has 0 aliphatic carbocycles. The van der Waals surface area contributed by atoms with Gasteiger partial charge in [-0.3, -0.25) is 18.9 Å². The zero-order valence-corrected chi connectivity index (χ0v) is 46.9. The Labute approximate surface area is 483 Å². The molecule has 0 spiro atoms. The van der Waals surface area contributed by atoms with E-state index in [1.165, 1.54) is 24.3 Å². The van der Waals surface area contributed by atoms with Crippen molar-refractivity contribution in [3.05, 3.63) is 166 Å². The van der Waals surface area contributed by atoms with Crippen LogP contribution >= 0.6 is 23.2 Å². The number of hydrogen-bond donors (Lipinski definition) is 4. The second kappa shape index (κ2) is 26.1. The monoisotopic (exact) mass is 1140 g/mol. The molecule has 0 fully saturated rings. The zero-order valence-electron chi connectivity index (χ0n) is 41.6. The number of amides is 1. The minimum absolute atomic E-state index is 0. The molecule has 4 N–H and O–H groups in total. The van der Waals surface area contributed by atoms with Crippen LogP contribution in [-0.4, -0.2) is 93.8 Å². The van der Waals surface area contributed by atoms with Gasteiger partial charge in [-0.15, -0.1) is 5.11 Å². The second-order valence-corrected chi connectivity index (χ2v) is 19.9. The molecule has 0 bridgehead atoms. The van der Waals surface area contributed by atoms with Crippen LogP contribution in [0.15, 0.2) is 169 Å².